The molecule has 17 heavy (non-hydrogen) atoms. The van der Waals surface area contributed by atoms with Crippen molar-refractivity contribution in [2.75, 3.05) is 13.1 Å². The molecule has 3 heterocycles. The first-order valence-corrected chi connectivity index (χ1v) is 7.71. The summed E-state index contributed by atoms with van der Waals surface area (Å²) in [5, 5.41) is 7.78. The van der Waals surface area contributed by atoms with Gasteiger partial charge in [0.25, 0.3) is 0 Å². The summed E-state index contributed by atoms with van der Waals surface area (Å²) in [5.74, 6) is 0. The predicted octanol–water partition coefficient (Wildman–Crippen LogP) is 3.99. The van der Waals surface area contributed by atoms with Crippen molar-refractivity contribution in [3.05, 3.63) is 50.4 Å². The molecule has 0 bridgehead atoms. The molecule has 0 saturated carbocycles. The molecule has 2 aromatic heterocycles. The molecule has 1 saturated heterocycles. The lowest BCUT2D eigenvalue weighted by Gasteiger charge is -2.19. The Hall–Kier alpha value is -0.900. The summed E-state index contributed by atoms with van der Waals surface area (Å²) in [4.78, 5) is 2.84. The summed E-state index contributed by atoms with van der Waals surface area (Å²) in [6, 6.07) is 8.79. The van der Waals surface area contributed by atoms with Gasteiger partial charge in [0.05, 0.1) is 0 Å². The minimum absolute atomic E-state index is 1.12. The lowest BCUT2D eigenvalue weighted by atomic mass is 9.97. The fraction of sp³-hybridized carbons (Fsp3) is 0.286. The van der Waals surface area contributed by atoms with Crippen molar-refractivity contribution in [1.29, 1.82) is 0 Å². The molecule has 1 aliphatic heterocycles. The molecule has 3 heteroatoms. The highest BCUT2D eigenvalue weighted by molar-refractivity contribution is 7.13. The second-order valence-corrected chi connectivity index (χ2v) is 6.08. The number of rotatable bonds is 2. The minimum atomic E-state index is 1.12. The van der Waals surface area contributed by atoms with Gasteiger partial charge in [0.1, 0.15) is 0 Å². The quantitative estimate of drug-likeness (QED) is 0.861. The van der Waals surface area contributed by atoms with Crippen LogP contribution in [0.5, 0.6) is 0 Å². The van der Waals surface area contributed by atoms with Crippen LogP contribution in [-0.4, -0.2) is 13.1 Å². The normalized spacial score (nSPS) is 16.1. The summed E-state index contributed by atoms with van der Waals surface area (Å²) < 4.78 is 0. The Morgan fingerprint density at radius 2 is 1.53 bits per heavy atom. The van der Waals surface area contributed by atoms with Gasteiger partial charge >= 0.3 is 0 Å². The van der Waals surface area contributed by atoms with E-state index in [1.165, 1.54) is 28.2 Å². The summed E-state index contributed by atoms with van der Waals surface area (Å²) >= 11 is 3.70. The van der Waals surface area contributed by atoms with Gasteiger partial charge in [-0.3, -0.25) is 0 Å². The first-order valence-electron chi connectivity index (χ1n) is 5.95. The topological polar surface area (TPSA) is 12.0 Å². The standard InChI is InChI=1S/C14H15NS2/c1-3-12(16-9-1)14(13-4-2-10-17-13)11-5-7-15-8-6-11/h1-4,9-10,15H,5-8H2. The SMILES string of the molecule is c1csc(C(=C2CCNCC2)c2cccs2)c1. The van der Waals surface area contributed by atoms with E-state index in [0.717, 1.165) is 13.1 Å². The van der Waals surface area contributed by atoms with Crippen molar-refractivity contribution in [3.8, 4) is 0 Å². The van der Waals surface area contributed by atoms with Gasteiger partial charge in [-0.15, -0.1) is 22.7 Å². The van der Waals surface area contributed by atoms with Gasteiger partial charge < -0.3 is 5.32 Å². The first kappa shape index (κ1) is 11.2. The van der Waals surface area contributed by atoms with E-state index in [9.17, 15) is 0 Å². The van der Waals surface area contributed by atoms with E-state index in [-0.39, 0.29) is 0 Å². The Balaban J connectivity index is 2.08. The van der Waals surface area contributed by atoms with E-state index >= 15 is 0 Å². The zero-order valence-electron chi connectivity index (χ0n) is 9.61. The van der Waals surface area contributed by atoms with Crippen LogP contribution in [0.25, 0.3) is 5.57 Å². The van der Waals surface area contributed by atoms with Crippen LogP contribution in [0.3, 0.4) is 0 Å². The van der Waals surface area contributed by atoms with Crippen LogP contribution < -0.4 is 5.32 Å². The zero-order valence-corrected chi connectivity index (χ0v) is 11.2. The van der Waals surface area contributed by atoms with Crippen molar-refractivity contribution in [1.82, 2.24) is 5.32 Å². The van der Waals surface area contributed by atoms with Crippen LogP contribution in [0.15, 0.2) is 40.6 Å². The number of thiophene rings is 2. The van der Waals surface area contributed by atoms with Crippen LogP contribution >= 0.6 is 22.7 Å². The zero-order chi connectivity index (χ0) is 11.5. The van der Waals surface area contributed by atoms with Crippen LogP contribution in [0.2, 0.25) is 0 Å². The molecule has 0 unspecified atom stereocenters. The average Bonchev–Trinajstić information content (AvgIpc) is 3.04. The predicted molar refractivity (Wildman–Crippen MR) is 76.8 cm³/mol. The van der Waals surface area contributed by atoms with Gasteiger partial charge in [0.15, 0.2) is 0 Å². The van der Waals surface area contributed by atoms with Gasteiger partial charge in [-0.25, -0.2) is 0 Å². The van der Waals surface area contributed by atoms with Gasteiger partial charge in [-0.2, -0.15) is 0 Å². The van der Waals surface area contributed by atoms with E-state index in [4.69, 9.17) is 0 Å². The van der Waals surface area contributed by atoms with Crippen molar-refractivity contribution >= 4 is 28.2 Å². The highest BCUT2D eigenvalue weighted by Crippen LogP contribution is 2.35. The highest BCUT2D eigenvalue weighted by atomic mass is 32.1. The molecule has 1 N–H and O–H groups in total. The second kappa shape index (κ2) is 5.17. The molecule has 0 spiro atoms. The van der Waals surface area contributed by atoms with Crippen molar-refractivity contribution < 1.29 is 0 Å². The smallest absolute Gasteiger partial charge is 0.0356 e. The molecule has 0 atom stereocenters. The van der Waals surface area contributed by atoms with Crippen molar-refractivity contribution in [2.24, 2.45) is 0 Å². The number of hydrogen-bond donors (Lipinski definition) is 1. The van der Waals surface area contributed by atoms with Gasteiger partial charge in [0, 0.05) is 15.3 Å². The third kappa shape index (κ3) is 2.37. The van der Waals surface area contributed by atoms with E-state index in [1.54, 1.807) is 5.57 Å². The van der Waals surface area contributed by atoms with E-state index in [2.05, 4.69) is 40.3 Å². The Morgan fingerprint density at radius 3 is 2.00 bits per heavy atom. The third-order valence-electron chi connectivity index (χ3n) is 3.10. The van der Waals surface area contributed by atoms with E-state index in [1.807, 2.05) is 22.7 Å². The van der Waals surface area contributed by atoms with Crippen LogP contribution in [0.1, 0.15) is 22.6 Å². The van der Waals surface area contributed by atoms with Crippen LogP contribution in [0.4, 0.5) is 0 Å². The third-order valence-corrected chi connectivity index (χ3v) is 4.87. The molecule has 0 amide bonds. The summed E-state index contributed by atoms with van der Waals surface area (Å²) in [6.07, 6.45) is 2.37. The first-order chi connectivity index (χ1) is 8.45. The Bertz CT molecular complexity index is 450. The molecular formula is C14H15NS2. The van der Waals surface area contributed by atoms with Crippen LogP contribution in [-0.2, 0) is 0 Å². The molecule has 3 rings (SSSR count). The Morgan fingerprint density at radius 1 is 0.941 bits per heavy atom. The number of piperidine rings is 1. The fourth-order valence-electron chi connectivity index (χ4n) is 2.29. The summed E-state index contributed by atoms with van der Waals surface area (Å²) in [5.41, 5.74) is 3.12. The molecule has 88 valence electrons. The van der Waals surface area contributed by atoms with Gasteiger partial charge in [-0.1, -0.05) is 17.7 Å². The maximum Gasteiger partial charge on any atom is 0.0356 e. The molecule has 0 radical (unpaired) electrons. The Labute approximate surface area is 110 Å². The maximum atomic E-state index is 3.43. The maximum absolute atomic E-state index is 3.43. The molecule has 1 nitrogen and oxygen atoms in total. The lowest BCUT2D eigenvalue weighted by Crippen LogP contribution is -2.23. The summed E-state index contributed by atoms with van der Waals surface area (Å²) in [6.45, 7) is 2.24. The molecule has 0 aromatic carbocycles. The lowest BCUT2D eigenvalue weighted by molar-refractivity contribution is 0.612. The van der Waals surface area contributed by atoms with Crippen LogP contribution in [0, 0.1) is 0 Å². The van der Waals surface area contributed by atoms with E-state index < -0.39 is 0 Å². The molecule has 1 aliphatic rings. The molecule has 1 fully saturated rings. The second-order valence-electron chi connectivity index (χ2n) is 4.18. The molecular weight excluding hydrogens is 246 g/mol. The number of hydrogen-bond acceptors (Lipinski definition) is 3. The summed E-state index contributed by atoms with van der Waals surface area (Å²) in [7, 11) is 0. The van der Waals surface area contributed by atoms with Gasteiger partial charge in [0.2, 0.25) is 0 Å². The van der Waals surface area contributed by atoms with E-state index in [0.29, 0.717) is 0 Å². The van der Waals surface area contributed by atoms with Crippen molar-refractivity contribution in [2.45, 2.75) is 12.8 Å². The average molecular weight is 261 g/mol. The van der Waals surface area contributed by atoms with Crippen molar-refractivity contribution in [3.63, 3.8) is 0 Å². The largest absolute Gasteiger partial charge is 0.316 e. The molecule has 2 aromatic rings. The Kier molecular flexibility index (Phi) is 3.41. The fourth-order valence-corrected chi connectivity index (χ4v) is 4.02. The van der Waals surface area contributed by atoms with Gasteiger partial charge in [-0.05, 0) is 48.8 Å². The highest BCUT2D eigenvalue weighted by Gasteiger charge is 2.15. The monoisotopic (exact) mass is 261 g/mol. The number of nitrogens with one attached hydrogen (secondary N) is 1. The minimum Gasteiger partial charge on any atom is -0.316 e. The molecule has 0 aliphatic carbocycles.